The van der Waals surface area contributed by atoms with Crippen LogP contribution >= 0.6 is 15.9 Å². The molecule has 7 heteroatoms. The molecule has 0 N–H and O–H groups in total. The van der Waals surface area contributed by atoms with Gasteiger partial charge in [0.2, 0.25) is 0 Å². The number of carbonyl (C=O) groups is 1. The monoisotopic (exact) mass is 348 g/mol. The number of hydrogen-bond donors (Lipinski definition) is 0. The molecule has 0 aliphatic heterocycles. The summed E-state index contributed by atoms with van der Waals surface area (Å²) >= 11 is 2.96. The molecule has 1 amide bonds. The molecule has 0 aromatic heterocycles. The largest absolute Gasteiger partial charge is 0.417 e. The first-order valence-corrected chi connectivity index (χ1v) is 6.52. The third kappa shape index (κ3) is 3.73. The molecule has 0 heterocycles. The summed E-state index contributed by atoms with van der Waals surface area (Å²) in [4.78, 5) is 13.3. The molecular formula is C13H12BrF3N2O. The number of rotatable bonds is 3. The van der Waals surface area contributed by atoms with Gasteiger partial charge in [-0.25, -0.2) is 0 Å². The van der Waals surface area contributed by atoms with E-state index in [1.807, 2.05) is 0 Å². The highest BCUT2D eigenvalue weighted by atomic mass is 79.9. The maximum atomic E-state index is 13.0. The van der Waals surface area contributed by atoms with E-state index in [4.69, 9.17) is 5.26 Å². The zero-order chi connectivity index (χ0) is 15.5. The average molecular weight is 349 g/mol. The van der Waals surface area contributed by atoms with E-state index in [1.54, 1.807) is 19.9 Å². The van der Waals surface area contributed by atoms with Gasteiger partial charge in [-0.05, 0) is 32.0 Å². The lowest BCUT2D eigenvalue weighted by atomic mass is 10.1. The summed E-state index contributed by atoms with van der Waals surface area (Å²) in [5.41, 5.74) is -1.47. The van der Waals surface area contributed by atoms with Crippen LogP contribution in [0.25, 0.3) is 0 Å². The molecule has 1 aromatic carbocycles. The van der Waals surface area contributed by atoms with Crippen molar-refractivity contribution < 1.29 is 18.0 Å². The molecule has 0 atom stereocenters. The summed E-state index contributed by atoms with van der Waals surface area (Å²) in [5, 5.41) is 8.68. The van der Waals surface area contributed by atoms with Crippen LogP contribution in [0.2, 0.25) is 0 Å². The van der Waals surface area contributed by atoms with Gasteiger partial charge < -0.3 is 4.90 Å². The van der Waals surface area contributed by atoms with Gasteiger partial charge in [-0.2, -0.15) is 18.4 Å². The predicted octanol–water partition coefficient (Wildman–Crippen LogP) is 3.84. The molecule has 3 nitrogen and oxygen atoms in total. The topological polar surface area (TPSA) is 44.1 Å². The highest BCUT2D eigenvalue weighted by Gasteiger charge is 2.36. The van der Waals surface area contributed by atoms with Crippen molar-refractivity contribution in [3.8, 4) is 6.07 Å². The number of nitrogens with zero attached hydrogens (tertiary/aromatic N) is 2. The summed E-state index contributed by atoms with van der Waals surface area (Å²) in [5.74, 6) is -0.804. The van der Waals surface area contributed by atoms with E-state index < -0.39 is 23.2 Å². The first-order chi connectivity index (χ1) is 9.18. The van der Waals surface area contributed by atoms with Gasteiger partial charge in [-0.1, -0.05) is 15.9 Å². The molecule has 0 bridgehead atoms. The fraction of sp³-hybridized carbons (Fsp3) is 0.385. The standard InChI is InChI=1S/C13H12BrF3N2O/c1-8(2)19(6-5-18)12(20)10-4-3-9(14)7-11(10)13(15,16)17/h3-4,7-8H,6H2,1-2H3. The Morgan fingerprint density at radius 1 is 1.45 bits per heavy atom. The lowest BCUT2D eigenvalue weighted by molar-refractivity contribution is -0.138. The minimum absolute atomic E-state index is 0.234. The van der Waals surface area contributed by atoms with Crippen molar-refractivity contribution in [2.45, 2.75) is 26.1 Å². The van der Waals surface area contributed by atoms with Crippen LogP contribution in [0.15, 0.2) is 22.7 Å². The Hall–Kier alpha value is -1.55. The average Bonchev–Trinajstić information content (AvgIpc) is 2.33. The number of hydrogen-bond acceptors (Lipinski definition) is 2. The molecule has 1 rings (SSSR count). The molecule has 108 valence electrons. The lowest BCUT2D eigenvalue weighted by Crippen LogP contribution is -2.38. The fourth-order valence-corrected chi connectivity index (χ4v) is 2.02. The van der Waals surface area contributed by atoms with Crippen molar-refractivity contribution in [2.75, 3.05) is 6.54 Å². The van der Waals surface area contributed by atoms with E-state index in [2.05, 4.69) is 15.9 Å². The molecule has 0 aliphatic rings. The van der Waals surface area contributed by atoms with Crippen LogP contribution in [-0.4, -0.2) is 23.4 Å². The normalized spacial score (nSPS) is 11.3. The van der Waals surface area contributed by atoms with Gasteiger partial charge in [-0.3, -0.25) is 4.79 Å². The van der Waals surface area contributed by atoms with Gasteiger partial charge in [-0.15, -0.1) is 0 Å². The van der Waals surface area contributed by atoms with Gasteiger partial charge in [0.15, 0.2) is 0 Å². The summed E-state index contributed by atoms with van der Waals surface area (Å²) in [6, 6.07) is 4.76. The van der Waals surface area contributed by atoms with Crippen LogP contribution in [0.1, 0.15) is 29.8 Å². The van der Waals surface area contributed by atoms with E-state index in [1.165, 1.54) is 6.07 Å². The van der Waals surface area contributed by atoms with Crippen molar-refractivity contribution in [3.63, 3.8) is 0 Å². The number of nitriles is 1. The Bertz CT molecular complexity index is 550. The predicted molar refractivity (Wildman–Crippen MR) is 70.9 cm³/mol. The van der Waals surface area contributed by atoms with Crippen LogP contribution in [0.3, 0.4) is 0 Å². The molecule has 20 heavy (non-hydrogen) atoms. The van der Waals surface area contributed by atoms with Crippen molar-refractivity contribution in [3.05, 3.63) is 33.8 Å². The zero-order valence-electron chi connectivity index (χ0n) is 10.8. The SMILES string of the molecule is CC(C)N(CC#N)C(=O)c1ccc(Br)cc1C(F)(F)F. The molecule has 0 spiro atoms. The van der Waals surface area contributed by atoms with Crippen molar-refractivity contribution >= 4 is 21.8 Å². The maximum Gasteiger partial charge on any atom is 0.417 e. The molecule has 0 fully saturated rings. The van der Waals surface area contributed by atoms with Crippen LogP contribution in [-0.2, 0) is 6.18 Å². The summed E-state index contributed by atoms with van der Waals surface area (Å²) in [6.07, 6.45) is -4.63. The van der Waals surface area contributed by atoms with Crippen LogP contribution < -0.4 is 0 Å². The van der Waals surface area contributed by atoms with Gasteiger partial charge >= 0.3 is 6.18 Å². The number of benzene rings is 1. The molecule has 0 radical (unpaired) electrons. The van der Waals surface area contributed by atoms with E-state index in [0.717, 1.165) is 17.0 Å². The molecule has 1 aromatic rings. The Morgan fingerprint density at radius 2 is 2.05 bits per heavy atom. The fourth-order valence-electron chi connectivity index (χ4n) is 1.66. The van der Waals surface area contributed by atoms with Gasteiger partial charge in [0.1, 0.15) is 6.54 Å². The van der Waals surface area contributed by atoms with Crippen molar-refractivity contribution in [2.24, 2.45) is 0 Å². The summed E-state index contributed by atoms with van der Waals surface area (Å²) in [7, 11) is 0. The lowest BCUT2D eigenvalue weighted by Gasteiger charge is -2.25. The van der Waals surface area contributed by atoms with Crippen LogP contribution in [0, 0.1) is 11.3 Å². The zero-order valence-corrected chi connectivity index (χ0v) is 12.4. The van der Waals surface area contributed by atoms with E-state index in [9.17, 15) is 18.0 Å². The Morgan fingerprint density at radius 3 is 2.50 bits per heavy atom. The van der Waals surface area contributed by atoms with Gasteiger partial charge in [0, 0.05) is 10.5 Å². The highest BCUT2D eigenvalue weighted by Crippen LogP contribution is 2.34. The Balaban J connectivity index is 3.32. The van der Waals surface area contributed by atoms with Crippen molar-refractivity contribution in [1.29, 1.82) is 5.26 Å². The number of alkyl halides is 3. The van der Waals surface area contributed by atoms with Crippen LogP contribution in [0.4, 0.5) is 13.2 Å². The second kappa shape index (κ2) is 6.27. The number of carbonyl (C=O) groups excluding carboxylic acids is 1. The third-order valence-corrected chi connectivity index (χ3v) is 3.14. The molecule has 0 unspecified atom stereocenters. The van der Waals surface area contributed by atoms with E-state index in [0.29, 0.717) is 0 Å². The van der Waals surface area contributed by atoms with Crippen LogP contribution in [0.5, 0.6) is 0 Å². The minimum Gasteiger partial charge on any atom is -0.323 e. The van der Waals surface area contributed by atoms with E-state index in [-0.39, 0.29) is 17.1 Å². The Labute approximate surface area is 123 Å². The summed E-state index contributed by atoms with van der Waals surface area (Å²) in [6.45, 7) is 3.02. The van der Waals surface area contributed by atoms with Gasteiger partial charge in [0.05, 0.1) is 17.2 Å². The molecular weight excluding hydrogens is 337 g/mol. The summed E-state index contributed by atoms with van der Waals surface area (Å²) < 4.78 is 39.2. The van der Waals surface area contributed by atoms with Crippen molar-refractivity contribution in [1.82, 2.24) is 4.90 Å². The second-order valence-electron chi connectivity index (χ2n) is 4.37. The number of amides is 1. The quantitative estimate of drug-likeness (QED) is 0.779. The first-order valence-electron chi connectivity index (χ1n) is 5.73. The number of halogens is 4. The maximum absolute atomic E-state index is 13.0. The molecule has 0 saturated heterocycles. The molecule has 0 saturated carbocycles. The molecule has 0 aliphatic carbocycles. The highest BCUT2D eigenvalue weighted by molar-refractivity contribution is 9.10. The third-order valence-electron chi connectivity index (χ3n) is 2.64. The second-order valence-corrected chi connectivity index (χ2v) is 5.29. The van der Waals surface area contributed by atoms with Gasteiger partial charge in [0.25, 0.3) is 5.91 Å². The first kappa shape index (κ1) is 16.5. The van der Waals surface area contributed by atoms with E-state index >= 15 is 0 Å². The smallest absolute Gasteiger partial charge is 0.323 e. The Kier molecular flexibility index (Phi) is 5.17. The minimum atomic E-state index is -4.63.